The zero-order valence-corrected chi connectivity index (χ0v) is 11.4. The first-order valence-corrected chi connectivity index (χ1v) is 6.10. The third-order valence-corrected chi connectivity index (χ3v) is 3.32. The number of urea groups is 1. The van der Waals surface area contributed by atoms with Crippen molar-refractivity contribution in [2.75, 3.05) is 13.6 Å². The number of nitrogens with zero attached hydrogens (tertiary/aromatic N) is 1. The van der Waals surface area contributed by atoms with Crippen LogP contribution in [0.2, 0.25) is 0 Å². The summed E-state index contributed by atoms with van der Waals surface area (Å²) in [4.78, 5) is 36.1. The third-order valence-electron chi connectivity index (χ3n) is 3.32. The van der Waals surface area contributed by atoms with Gasteiger partial charge in [-0.05, 0) is 25.1 Å². The smallest absolute Gasteiger partial charge is 0.325 e. The molecule has 1 heterocycles. The van der Waals surface area contributed by atoms with E-state index in [0.29, 0.717) is 4.90 Å². The Balaban J connectivity index is 2.40. The number of amides is 4. The number of carbonyl (C=O) groups excluding carboxylic acids is 3. The fourth-order valence-corrected chi connectivity index (χ4v) is 2.13. The Morgan fingerprint density at radius 2 is 2.05 bits per heavy atom. The number of carbonyl (C=O) groups is 3. The summed E-state index contributed by atoms with van der Waals surface area (Å²) < 4.78 is 27.1. The van der Waals surface area contributed by atoms with Crippen LogP contribution in [0.4, 0.5) is 13.6 Å². The lowest BCUT2D eigenvalue weighted by atomic mass is 9.91. The third kappa shape index (κ3) is 2.44. The van der Waals surface area contributed by atoms with Crippen molar-refractivity contribution < 1.29 is 23.2 Å². The van der Waals surface area contributed by atoms with E-state index in [9.17, 15) is 23.2 Å². The van der Waals surface area contributed by atoms with E-state index in [1.54, 1.807) is 0 Å². The second-order valence-corrected chi connectivity index (χ2v) is 4.74. The van der Waals surface area contributed by atoms with E-state index in [1.165, 1.54) is 14.0 Å². The van der Waals surface area contributed by atoms with E-state index in [-0.39, 0.29) is 5.56 Å². The second kappa shape index (κ2) is 5.12. The van der Waals surface area contributed by atoms with Crippen LogP contribution in [0.5, 0.6) is 0 Å². The van der Waals surface area contributed by atoms with E-state index >= 15 is 0 Å². The highest BCUT2D eigenvalue weighted by atomic mass is 19.1. The van der Waals surface area contributed by atoms with E-state index in [1.807, 2.05) is 0 Å². The van der Waals surface area contributed by atoms with Crippen LogP contribution in [0.3, 0.4) is 0 Å². The Bertz CT molecular complexity index is 635. The minimum Gasteiger partial charge on any atom is -0.358 e. The number of halogens is 2. The fourth-order valence-electron chi connectivity index (χ4n) is 2.13. The molecular formula is C13H13F2N3O3. The Morgan fingerprint density at radius 3 is 2.67 bits per heavy atom. The molecule has 1 aromatic rings. The van der Waals surface area contributed by atoms with Gasteiger partial charge in [0.15, 0.2) is 0 Å². The van der Waals surface area contributed by atoms with Crippen LogP contribution in [0.1, 0.15) is 12.5 Å². The minimum atomic E-state index is -1.75. The van der Waals surface area contributed by atoms with Gasteiger partial charge in [-0.3, -0.25) is 14.5 Å². The molecule has 6 nitrogen and oxygen atoms in total. The Labute approximate surface area is 119 Å². The second-order valence-electron chi connectivity index (χ2n) is 4.74. The Hall–Kier alpha value is -2.51. The van der Waals surface area contributed by atoms with Crippen LogP contribution in [0, 0.1) is 11.6 Å². The van der Waals surface area contributed by atoms with Gasteiger partial charge in [-0.15, -0.1) is 0 Å². The van der Waals surface area contributed by atoms with E-state index in [0.717, 1.165) is 18.2 Å². The van der Waals surface area contributed by atoms with Gasteiger partial charge in [0.2, 0.25) is 5.91 Å². The van der Waals surface area contributed by atoms with Crippen molar-refractivity contribution in [3.05, 3.63) is 35.4 Å². The number of likely N-dealkylation sites (N-methyl/N-ethyl adjacent to an activating group) is 1. The molecule has 1 aliphatic rings. The van der Waals surface area contributed by atoms with Gasteiger partial charge in [-0.2, -0.15) is 0 Å². The quantitative estimate of drug-likeness (QED) is 0.796. The average molecular weight is 297 g/mol. The number of benzene rings is 1. The lowest BCUT2D eigenvalue weighted by Crippen LogP contribution is -2.43. The molecule has 2 rings (SSSR count). The van der Waals surface area contributed by atoms with Crippen LogP contribution in [0.25, 0.3) is 0 Å². The van der Waals surface area contributed by atoms with Crippen LogP contribution in [-0.2, 0) is 15.1 Å². The summed E-state index contributed by atoms with van der Waals surface area (Å²) in [6.45, 7) is 0.766. The molecule has 0 aromatic heterocycles. The first-order chi connectivity index (χ1) is 9.79. The zero-order chi connectivity index (χ0) is 15.8. The molecule has 0 bridgehead atoms. The Kier molecular flexibility index (Phi) is 3.63. The van der Waals surface area contributed by atoms with E-state index in [4.69, 9.17) is 0 Å². The predicted octanol–water partition coefficient (Wildman–Crippen LogP) is 0.478. The summed E-state index contributed by atoms with van der Waals surface area (Å²) in [5.74, 6) is -2.93. The maximum Gasteiger partial charge on any atom is 0.325 e. The average Bonchev–Trinajstić information content (AvgIpc) is 2.65. The summed E-state index contributed by atoms with van der Waals surface area (Å²) in [7, 11) is 1.35. The lowest BCUT2D eigenvalue weighted by Gasteiger charge is -2.22. The van der Waals surface area contributed by atoms with Gasteiger partial charge in [-0.25, -0.2) is 13.6 Å². The first-order valence-electron chi connectivity index (χ1n) is 6.10. The van der Waals surface area contributed by atoms with Crippen molar-refractivity contribution in [3.8, 4) is 0 Å². The van der Waals surface area contributed by atoms with Crippen molar-refractivity contribution in [2.45, 2.75) is 12.5 Å². The molecule has 1 aromatic carbocycles. The highest BCUT2D eigenvalue weighted by Crippen LogP contribution is 2.30. The summed E-state index contributed by atoms with van der Waals surface area (Å²) >= 11 is 0. The molecule has 0 unspecified atom stereocenters. The molecule has 1 saturated heterocycles. The molecule has 21 heavy (non-hydrogen) atoms. The van der Waals surface area contributed by atoms with Gasteiger partial charge in [0.1, 0.15) is 23.7 Å². The molecule has 1 atom stereocenters. The number of imide groups is 1. The van der Waals surface area contributed by atoms with E-state index < -0.39 is 41.6 Å². The lowest BCUT2D eigenvalue weighted by molar-refractivity contribution is -0.134. The summed E-state index contributed by atoms with van der Waals surface area (Å²) in [6.07, 6.45) is 0. The largest absolute Gasteiger partial charge is 0.358 e. The molecule has 0 aliphatic carbocycles. The van der Waals surface area contributed by atoms with Crippen molar-refractivity contribution in [2.24, 2.45) is 0 Å². The molecule has 112 valence electrons. The number of nitrogens with one attached hydrogen (secondary N) is 2. The maximum absolute atomic E-state index is 13.9. The monoisotopic (exact) mass is 297 g/mol. The van der Waals surface area contributed by atoms with Crippen LogP contribution >= 0.6 is 0 Å². The van der Waals surface area contributed by atoms with Crippen molar-refractivity contribution >= 4 is 17.8 Å². The normalized spacial score (nSPS) is 21.4. The maximum atomic E-state index is 13.9. The van der Waals surface area contributed by atoms with Crippen LogP contribution in [-0.4, -0.2) is 36.3 Å². The molecule has 2 N–H and O–H groups in total. The number of rotatable bonds is 3. The number of hydrogen-bond donors (Lipinski definition) is 2. The van der Waals surface area contributed by atoms with Gasteiger partial charge in [0.05, 0.1) is 0 Å². The highest BCUT2D eigenvalue weighted by molar-refractivity contribution is 6.09. The molecule has 0 saturated carbocycles. The zero-order valence-electron chi connectivity index (χ0n) is 11.4. The van der Waals surface area contributed by atoms with Crippen molar-refractivity contribution in [3.63, 3.8) is 0 Å². The number of hydrogen-bond acceptors (Lipinski definition) is 3. The summed E-state index contributed by atoms with van der Waals surface area (Å²) in [5.41, 5.74) is -2.04. The molecule has 8 heteroatoms. The van der Waals surface area contributed by atoms with Gasteiger partial charge in [0, 0.05) is 12.6 Å². The molecule has 1 aliphatic heterocycles. The highest BCUT2D eigenvalue weighted by Gasteiger charge is 2.50. The summed E-state index contributed by atoms with van der Waals surface area (Å²) in [6, 6.07) is 1.79. The molecule has 1 fully saturated rings. The Morgan fingerprint density at radius 1 is 1.38 bits per heavy atom. The fraction of sp³-hybridized carbons (Fsp3) is 0.308. The van der Waals surface area contributed by atoms with Gasteiger partial charge >= 0.3 is 6.03 Å². The van der Waals surface area contributed by atoms with Crippen LogP contribution in [0.15, 0.2) is 18.2 Å². The molecule has 4 amide bonds. The molecule has 0 radical (unpaired) electrons. The standard InChI is InChI=1S/C13H13F2N3O3/c1-13(8-5-7(14)3-4-9(8)15)11(20)18(12(21)17-13)6-10(19)16-2/h3-5H,6H2,1-2H3,(H,16,19)(H,17,21)/t13-/m0/s1. The predicted molar refractivity (Wildman–Crippen MR) is 68.0 cm³/mol. The first kappa shape index (κ1) is 14.9. The molecule has 0 spiro atoms. The van der Waals surface area contributed by atoms with Crippen LogP contribution < -0.4 is 10.6 Å². The SMILES string of the molecule is CNC(=O)CN1C(=O)N[C@@](C)(c2cc(F)ccc2F)C1=O. The van der Waals surface area contributed by atoms with Gasteiger partial charge < -0.3 is 10.6 Å². The summed E-state index contributed by atoms with van der Waals surface area (Å²) in [5, 5.41) is 4.57. The minimum absolute atomic E-state index is 0.291. The van der Waals surface area contributed by atoms with Crippen molar-refractivity contribution in [1.82, 2.24) is 15.5 Å². The molecular weight excluding hydrogens is 284 g/mol. The van der Waals surface area contributed by atoms with Crippen molar-refractivity contribution in [1.29, 1.82) is 0 Å². The van der Waals surface area contributed by atoms with E-state index in [2.05, 4.69) is 10.6 Å². The van der Waals surface area contributed by atoms with Gasteiger partial charge in [-0.1, -0.05) is 0 Å². The topological polar surface area (TPSA) is 78.5 Å². The van der Waals surface area contributed by atoms with Gasteiger partial charge in [0.25, 0.3) is 5.91 Å².